The number of hydrogen-bond donors (Lipinski definition) is 4. The maximum absolute atomic E-state index is 11.4. The first-order chi connectivity index (χ1) is 12.1. The fourth-order valence-electron chi connectivity index (χ4n) is 3.11. The maximum Gasteiger partial charge on any atom is 0.221 e. The zero-order valence-electron chi connectivity index (χ0n) is 13.3. The van der Waals surface area contributed by atoms with Crippen molar-refractivity contribution < 1.29 is 9.90 Å². The number of rotatable bonds is 3. The Hall–Kier alpha value is -3.61. The molecule has 2 heterocycles. The average Bonchev–Trinajstić information content (AvgIpc) is 3.09. The molecule has 124 valence electrons. The Balaban J connectivity index is 2.02. The molecule has 2 aromatic heterocycles. The van der Waals surface area contributed by atoms with Crippen LogP contribution in [0.2, 0.25) is 0 Å². The average molecular weight is 334 g/mol. The van der Waals surface area contributed by atoms with E-state index in [4.69, 9.17) is 0 Å². The van der Waals surface area contributed by atoms with Crippen LogP contribution in [0.3, 0.4) is 0 Å². The highest BCUT2D eigenvalue weighted by atomic mass is 16.3. The number of para-hydroxylation sites is 1. The molecule has 25 heavy (non-hydrogen) atoms. The SMILES string of the molecule is CC(=O)Nc1ccc2[nH]c(O)c(-c3[nH]c4ccccc4c3N=O)c2c1. The van der Waals surface area contributed by atoms with E-state index in [2.05, 4.69) is 20.5 Å². The number of fused-ring (bicyclic) bond motifs is 2. The standard InChI is InChI=1S/C18H14N4O3/c1-9(23)19-10-6-7-14-12(8-10)15(18(24)21-14)17-16(22-25)11-4-2-3-5-13(11)20-17/h2-8,20-21,24H,1H3,(H,19,23). The molecule has 0 bridgehead atoms. The summed E-state index contributed by atoms with van der Waals surface area (Å²) < 4.78 is 0. The summed E-state index contributed by atoms with van der Waals surface area (Å²) in [6, 6.07) is 12.5. The van der Waals surface area contributed by atoms with Gasteiger partial charge in [0.1, 0.15) is 5.69 Å². The van der Waals surface area contributed by atoms with Crippen molar-refractivity contribution in [1.82, 2.24) is 9.97 Å². The second-order valence-electron chi connectivity index (χ2n) is 5.78. The van der Waals surface area contributed by atoms with Gasteiger partial charge in [0.25, 0.3) is 0 Å². The van der Waals surface area contributed by atoms with Gasteiger partial charge in [-0.3, -0.25) is 4.79 Å². The highest BCUT2D eigenvalue weighted by Gasteiger charge is 2.21. The Morgan fingerprint density at radius 3 is 2.60 bits per heavy atom. The molecule has 1 amide bonds. The zero-order chi connectivity index (χ0) is 17.6. The molecule has 0 aliphatic heterocycles. The summed E-state index contributed by atoms with van der Waals surface area (Å²) in [6.07, 6.45) is 0. The van der Waals surface area contributed by atoms with Gasteiger partial charge in [-0.1, -0.05) is 18.2 Å². The number of nitroso groups, excluding NO2 is 1. The van der Waals surface area contributed by atoms with Gasteiger partial charge in [-0.25, -0.2) is 0 Å². The molecule has 2 aromatic carbocycles. The monoisotopic (exact) mass is 334 g/mol. The Kier molecular flexibility index (Phi) is 3.28. The van der Waals surface area contributed by atoms with Crippen molar-refractivity contribution in [2.45, 2.75) is 6.92 Å². The predicted octanol–water partition coefficient (Wildman–Crippen LogP) is 4.38. The van der Waals surface area contributed by atoms with Crippen LogP contribution in [0.15, 0.2) is 47.6 Å². The third-order valence-corrected chi connectivity index (χ3v) is 4.12. The van der Waals surface area contributed by atoms with Gasteiger partial charge in [-0.15, -0.1) is 4.91 Å². The fourth-order valence-corrected chi connectivity index (χ4v) is 3.11. The molecule has 0 unspecified atom stereocenters. The molecule has 0 saturated heterocycles. The van der Waals surface area contributed by atoms with Gasteiger partial charge >= 0.3 is 0 Å². The Morgan fingerprint density at radius 1 is 1.08 bits per heavy atom. The summed E-state index contributed by atoms with van der Waals surface area (Å²) in [6.45, 7) is 1.42. The number of carbonyl (C=O) groups excluding carboxylic acids is 1. The number of amides is 1. The summed E-state index contributed by atoms with van der Waals surface area (Å²) >= 11 is 0. The molecule has 4 aromatic rings. The first kappa shape index (κ1) is 14.9. The predicted molar refractivity (Wildman–Crippen MR) is 97.0 cm³/mol. The van der Waals surface area contributed by atoms with Crippen LogP contribution in [0.25, 0.3) is 33.1 Å². The van der Waals surface area contributed by atoms with Crippen molar-refractivity contribution in [2.75, 3.05) is 5.32 Å². The summed E-state index contributed by atoms with van der Waals surface area (Å²) in [5.74, 6) is -0.270. The number of carbonyl (C=O) groups is 1. The minimum Gasteiger partial charge on any atom is -0.494 e. The number of aromatic hydroxyl groups is 1. The van der Waals surface area contributed by atoms with Crippen LogP contribution in [0, 0.1) is 4.91 Å². The quantitative estimate of drug-likeness (QED) is 0.417. The smallest absolute Gasteiger partial charge is 0.221 e. The maximum atomic E-state index is 11.4. The summed E-state index contributed by atoms with van der Waals surface area (Å²) in [7, 11) is 0. The Labute approximate surface area is 141 Å². The minimum absolute atomic E-state index is 0.0774. The number of nitrogens with zero attached hydrogens (tertiary/aromatic N) is 1. The largest absolute Gasteiger partial charge is 0.494 e. The van der Waals surface area contributed by atoms with E-state index in [0.29, 0.717) is 33.2 Å². The van der Waals surface area contributed by atoms with Crippen LogP contribution < -0.4 is 5.32 Å². The van der Waals surface area contributed by atoms with E-state index in [1.165, 1.54) is 6.92 Å². The molecule has 0 aliphatic rings. The van der Waals surface area contributed by atoms with E-state index in [1.54, 1.807) is 24.3 Å². The van der Waals surface area contributed by atoms with Crippen molar-refractivity contribution in [1.29, 1.82) is 0 Å². The Morgan fingerprint density at radius 2 is 1.84 bits per heavy atom. The second kappa shape index (κ2) is 5.48. The van der Waals surface area contributed by atoms with Gasteiger partial charge in [0.05, 0.1) is 11.3 Å². The molecule has 0 aliphatic carbocycles. The van der Waals surface area contributed by atoms with E-state index in [-0.39, 0.29) is 17.5 Å². The molecule has 0 spiro atoms. The van der Waals surface area contributed by atoms with E-state index in [1.807, 2.05) is 18.2 Å². The molecule has 0 fully saturated rings. The number of benzene rings is 2. The van der Waals surface area contributed by atoms with Crippen LogP contribution in [0.5, 0.6) is 5.88 Å². The molecule has 4 rings (SSSR count). The third-order valence-electron chi connectivity index (χ3n) is 4.12. The topological polar surface area (TPSA) is 110 Å². The van der Waals surface area contributed by atoms with Crippen LogP contribution in [-0.2, 0) is 4.79 Å². The van der Waals surface area contributed by atoms with Crippen LogP contribution in [0.4, 0.5) is 11.4 Å². The lowest BCUT2D eigenvalue weighted by Gasteiger charge is -2.03. The summed E-state index contributed by atoms with van der Waals surface area (Å²) in [5.41, 5.74) is 3.12. The van der Waals surface area contributed by atoms with Gasteiger partial charge < -0.3 is 20.4 Å². The van der Waals surface area contributed by atoms with Crippen molar-refractivity contribution in [3.63, 3.8) is 0 Å². The second-order valence-corrected chi connectivity index (χ2v) is 5.78. The minimum atomic E-state index is -0.193. The van der Waals surface area contributed by atoms with E-state index in [0.717, 1.165) is 5.52 Å². The van der Waals surface area contributed by atoms with Gasteiger partial charge in [0.2, 0.25) is 5.91 Å². The van der Waals surface area contributed by atoms with E-state index < -0.39 is 0 Å². The molecule has 0 saturated carbocycles. The summed E-state index contributed by atoms with van der Waals surface area (Å²) in [5, 5.41) is 17.6. The van der Waals surface area contributed by atoms with Gasteiger partial charge in [-0.2, -0.15) is 0 Å². The first-order valence-corrected chi connectivity index (χ1v) is 7.65. The normalized spacial score (nSPS) is 11.1. The number of nitrogens with one attached hydrogen (secondary N) is 3. The lowest BCUT2D eigenvalue weighted by atomic mass is 10.1. The molecule has 0 atom stereocenters. The zero-order valence-corrected chi connectivity index (χ0v) is 13.3. The highest BCUT2D eigenvalue weighted by Crippen LogP contribution is 2.44. The molecule has 7 heteroatoms. The van der Waals surface area contributed by atoms with Crippen LogP contribution in [-0.4, -0.2) is 21.0 Å². The van der Waals surface area contributed by atoms with Crippen LogP contribution in [0.1, 0.15) is 6.92 Å². The molecule has 0 radical (unpaired) electrons. The molecule has 4 N–H and O–H groups in total. The molecule has 7 nitrogen and oxygen atoms in total. The van der Waals surface area contributed by atoms with Crippen molar-refractivity contribution in [3.8, 4) is 17.1 Å². The number of aromatic amines is 2. The van der Waals surface area contributed by atoms with Crippen LogP contribution >= 0.6 is 0 Å². The third kappa shape index (κ3) is 2.33. The summed E-state index contributed by atoms with van der Waals surface area (Å²) in [4.78, 5) is 28.8. The number of aromatic nitrogens is 2. The number of hydrogen-bond acceptors (Lipinski definition) is 4. The number of H-pyrrole nitrogens is 2. The lowest BCUT2D eigenvalue weighted by molar-refractivity contribution is -0.114. The number of anilines is 1. The molecular formula is C18H14N4O3. The Bertz CT molecular complexity index is 1140. The highest BCUT2D eigenvalue weighted by molar-refractivity contribution is 6.08. The van der Waals surface area contributed by atoms with Gasteiger partial charge in [-0.05, 0) is 29.4 Å². The molecular weight excluding hydrogens is 320 g/mol. The lowest BCUT2D eigenvalue weighted by Crippen LogP contribution is -2.05. The fraction of sp³-hybridized carbons (Fsp3) is 0.0556. The van der Waals surface area contributed by atoms with Crippen molar-refractivity contribution in [2.24, 2.45) is 5.18 Å². The van der Waals surface area contributed by atoms with Crippen molar-refractivity contribution >= 4 is 39.1 Å². The van der Waals surface area contributed by atoms with Crippen molar-refractivity contribution in [3.05, 3.63) is 47.4 Å². The first-order valence-electron chi connectivity index (χ1n) is 7.65. The van der Waals surface area contributed by atoms with Gasteiger partial charge in [0.15, 0.2) is 5.88 Å². The van der Waals surface area contributed by atoms with E-state index in [9.17, 15) is 14.8 Å². The van der Waals surface area contributed by atoms with Gasteiger partial charge in [0, 0.05) is 34.4 Å². The van der Waals surface area contributed by atoms with E-state index >= 15 is 0 Å².